The first-order valence-electron chi connectivity index (χ1n) is 10.7. The van der Waals surface area contributed by atoms with Crippen molar-refractivity contribution in [3.63, 3.8) is 0 Å². The Hall–Kier alpha value is -2.21. The number of esters is 1. The van der Waals surface area contributed by atoms with Gasteiger partial charge in [-0.1, -0.05) is 39.0 Å². The fourth-order valence-corrected chi connectivity index (χ4v) is 4.78. The summed E-state index contributed by atoms with van der Waals surface area (Å²) in [5, 5.41) is 5.50. The van der Waals surface area contributed by atoms with E-state index >= 15 is 0 Å². The molecule has 1 fully saturated rings. The molecule has 0 atom stereocenters. The minimum Gasteiger partial charge on any atom is -0.459 e. The number of rotatable bonds is 6. The Bertz CT molecular complexity index is 877. The average Bonchev–Trinajstić information content (AvgIpc) is 3.14. The van der Waals surface area contributed by atoms with E-state index < -0.39 is 0 Å². The van der Waals surface area contributed by atoms with Gasteiger partial charge < -0.3 is 10.1 Å². The second kappa shape index (κ2) is 9.73. The predicted molar refractivity (Wildman–Crippen MR) is 120 cm³/mol. The zero-order chi connectivity index (χ0) is 21.7. The van der Waals surface area contributed by atoms with Crippen molar-refractivity contribution in [1.29, 1.82) is 0 Å². The maximum atomic E-state index is 12.4. The third-order valence-corrected chi connectivity index (χ3v) is 6.88. The van der Waals surface area contributed by atoms with E-state index in [2.05, 4.69) is 31.1 Å². The number of anilines is 1. The lowest BCUT2D eigenvalue weighted by molar-refractivity contribution is -0.151. The van der Waals surface area contributed by atoms with Crippen molar-refractivity contribution in [3.8, 4) is 0 Å². The Morgan fingerprint density at radius 2 is 1.87 bits per heavy atom. The number of carbonyl (C=O) groups is 2. The highest BCUT2D eigenvalue weighted by Gasteiger charge is 2.33. The second-order valence-corrected chi connectivity index (χ2v) is 10.2. The summed E-state index contributed by atoms with van der Waals surface area (Å²) in [5.74, 6) is 0.460. The summed E-state index contributed by atoms with van der Waals surface area (Å²) in [6, 6.07) is 7.68. The number of amides is 1. The number of aryl methyl sites for hydroxylation is 1. The summed E-state index contributed by atoms with van der Waals surface area (Å²) in [6.45, 7) is 8.96. The highest BCUT2D eigenvalue weighted by Crippen LogP contribution is 2.40. The highest BCUT2D eigenvalue weighted by atomic mass is 32.1. The smallest absolute Gasteiger partial charge is 0.309 e. The van der Waals surface area contributed by atoms with Crippen LogP contribution < -0.4 is 5.32 Å². The molecule has 5 nitrogen and oxygen atoms in total. The number of carbonyl (C=O) groups excluding carboxylic acids is 2. The molecule has 0 saturated heterocycles. The molecule has 6 heteroatoms. The predicted octanol–water partition coefficient (Wildman–Crippen LogP) is 5.53. The number of ether oxygens (including phenoxy) is 1. The molecule has 2 aromatic rings. The molecule has 1 amide bonds. The lowest BCUT2D eigenvalue weighted by atomic mass is 9.70. The van der Waals surface area contributed by atoms with Gasteiger partial charge in [0.1, 0.15) is 11.6 Å². The minimum absolute atomic E-state index is 0.00148. The number of nitrogens with one attached hydrogen (secondary N) is 1. The van der Waals surface area contributed by atoms with E-state index in [1.807, 2.05) is 36.6 Å². The van der Waals surface area contributed by atoms with Crippen LogP contribution in [0.4, 0.5) is 5.69 Å². The van der Waals surface area contributed by atoms with E-state index in [-0.39, 0.29) is 30.8 Å². The normalized spacial score (nSPS) is 19.3. The van der Waals surface area contributed by atoms with Crippen LogP contribution >= 0.6 is 11.3 Å². The molecule has 3 rings (SSSR count). The molecule has 1 aromatic heterocycles. The van der Waals surface area contributed by atoms with E-state index in [0.29, 0.717) is 17.0 Å². The summed E-state index contributed by atoms with van der Waals surface area (Å²) in [6.07, 6.45) is 4.19. The molecule has 1 saturated carbocycles. The number of hydrogen-bond acceptors (Lipinski definition) is 5. The Balaban J connectivity index is 1.44. The minimum atomic E-state index is -0.116. The van der Waals surface area contributed by atoms with Gasteiger partial charge in [0.2, 0.25) is 5.91 Å². The van der Waals surface area contributed by atoms with Crippen molar-refractivity contribution in [1.82, 2.24) is 4.98 Å². The third-order valence-electron chi connectivity index (χ3n) is 5.98. The zero-order valence-corrected chi connectivity index (χ0v) is 19.2. The summed E-state index contributed by atoms with van der Waals surface area (Å²) < 4.78 is 5.52. The molecule has 0 unspecified atom stereocenters. The van der Waals surface area contributed by atoms with Crippen LogP contribution in [0.1, 0.15) is 62.7 Å². The van der Waals surface area contributed by atoms with E-state index in [1.165, 1.54) is 11.3 Å². The van der Waals surface area contributed by atoms with Crippen LogP contribution in [0.25, 0.3) is 0 Å². The number of hydrogen-bond donors (Lipinski definition) is 1. The summed E-state index contributed by atoms with van der Waals surface area (Å²) in [5.41, 5.74) is 2.84. The van der Waals surface area contributed by atoms with Crippen LogP contribution in [0.5, 0.6) is 0 Å². The number of thiazole rings is 1. The van der Waals surface area contributed by atoms with Crippen LogP contribution in [0, 0.1) is 24.2 Å². The maximum Gasteiger partial charge on any atom is 0.309 e. The fourth-order valence-electron chi connectivity index (χ4n) is 4.00. The van der Waals surface area contributed by atoms with Gasteiger partial charge >= 0.3 is 5.97 Å². The van der Waals surface area contributed by atoms with Gasteiger partial charge in [-0.3, -0.25) is 9.59 Å². The van der Waals surface area contributed by atoms with Gasteiger partial charge in [-0.25, -0.2) is 4.98 Å². The largest absolute Gasteiger partial charge is 0.459 e. The molecule has 0 bridgehead atoms. The molecule has 1 N–H and O–H groups in total. The lowest BCUT2D eigenvalue weighted by Gasteiger charge is -2.36. The lowest BCUT2D eigenvalue weighted by Crippen LogP contribution is -2.29. The fraction of sp³-hybridized carbons (Fsp3) is 0.542. The molecule has 30 heavy (non-hydrogen) atoms. The van der Waals surface area contributed by atoms with Crippen LogP contribution in [0.2, 0.25) is 0 Å². The molecule has 1 aromatic carbocycles. The summed E-state index contributed by atoms with van der Waals surface area (Å²) in [7, 11) is 0. The van der Waals surface area contributed by atoms with Gasteiger partial charge in [0.05, 0.1) is 18.0 Å². The van der Waals surface area contributed by atoms with Crippen LogP contribution in [-0.2, 0) is 27.4 Å². The second-order valence-electron chi connectivity index (χ2n) is 9.29. The van der Waals surface area contributed by atoms with Gasteiger partial charge in [-0.15, -0.1) is 11.3 Å². The Morgan fingerprint density at radius 3 is 2.53 bits per heavy atom. The first kappa shape index (κ1) is 22.5. The molecule has 162 valence electrons. The molecular formula is C24H32N2O3S. The average molecular weight is 429 g/mol. The maximum absolute atomic E-state index is 12.4. The first-order chi connectivity index (χ1) is 14.2. The van der Waals surface area contributed by atoms with Crippen molar-refractivity contribution in [2.45, 2.75) is 66.4 Å². The van der Waals surface area contributed by atoms with Gasteiger partial charge in [0.15, 0.2) is 0 Å². The Morgan fingerprint density at radius 1 is 1.17 bits per heavy atom. The van der Waals surface area contributed by atoms with Crippen molar-refractivity contribution < 1.29 is 14.3 Å². The van der Waals surface area contributed by atoms with Crippen LogP contribution in [-0.4, -0.2) is 16.9 Å². The molecule has 1 aliphatic rings. The van der Waals surface area contributed by atoms with E-state index in [0.717, 1.165) is 41.9 Å². The SMILES string of the molecule is Cc1ccccc1NC(=O)Cc1nc(COC(=O)C2CCC(C(C)(C)C)CC2)cs1. The zero-order valence-electron chi connectivity index (χ0n) is 18.4. The van der Waals surface area contributed by atoms with Crippen molar-refractivity contribution in [3.05, 3.63) is 45.9 Å². The molecule has 0 radical (unpaired) electrons. The van der Waals surface area contributed by atoms with E-state index in [4.69, 9.17) is 4.74 Å². The number of aromatic nitrogens is 1. The van der Waals surface area contributed by atoms with Gasteiger partial charge in [-0.2, -0.15) is 0 Å². The van der Waals surface area contributed by atoms with Gasteiger partial charge in [-0.05, 0) is 55.6 Å². The first-order valence-corrected chi connectivity index (χ1v) is 11.6. The van der Waals surface area contributed by atoms with Gasteiger partial charge in [0, 0.05) is 11.1 Å². The molecule has 1 aliphatic carbocycles. The molecule has 0 aliphatic heterocycles. The molecular weight excluding hydrogens is 396 g/mol. The monoisotopic (exact) mass is 428 g/mol. The summed E-state index contributed by atoms with van der Waals surface area (Å²) in [4.78, 5) is 29.2. The van der Waals surface area contributed by atoms with Crippen molar-refractivity contribution in [2.75, 3.05) is 5.32 Å². The topological polar surface area (TPSA) is 68.3 Å². The third kappa shape index (κ3) is 6.14. The van der Waals surface area contributed by atoms with Crippen LogP contribution in [0.3, 0.4) is 0 Å². The Kier molecular flexibility index (Phi) is 7.29. The molecule has 0 spiro atoms. The number of nitrogens with zero attached hydrogens (tertiary/aromatic N) is 1. The van der Waals surface area contributed by atoms with Crippen LogP contribution in [0.15, 0.2) is 29.6 Å². The number of benzene rings is 1. The summed E-state index contributed by atoms with van der Waals surface area (Å²) >= 11 is 1.42. The van der Waals surface area contributed by atoms with E-state index in [1.54, 1.807) is 0 Å². The van der Waals surface area contributed by atoms with Gasteiger partial charge in [0.25, 0.3) is 0 Å². The van der Waals surface area contributed by atoms with Crippen molar-refractivity contribution >= 4 is 28.9 Å². The quantitative estimate of drug-likeness (QED) is 0.614. The number of para-hydroxylation sites is 1. The van der Waals surface area contributed by atoms with Crippen molar-refractivity contribution in [2.24, 2.45) is 17.3 Å². The molecule has 1 heterocycles. The standard InChI is InChI=1S/C24H32N2O3S/c1-16-7-5-6-8-20(16)26-21(27)13-22-25-19(15-30-22)14-29-23(28)17-9-11-18(12-10-17)24(2,3)4/h5-8,15,17-18H,9-14H2,1-4H3,(H,26,27). The highest BCUT2D eigenvalue weighted by molar-refractivity contribution is 7.09. The van der Waals surface area contributed by atoms with E-state index in [9.17, 15) is 9.59 Å². The Labute approximate surface area is 183 Å².